The molecule has 0 saturated carbocycles. The van der Waals surface area contributed by atoms with Crippen molar-refractivity contribution in [1.29, 1.82) is 0 Å². The lowest BCUT2D eigenvalue weighted by molar-refractivity contribution is 0.365. The lowest BCUT2D eigenvalue weighted by atomic mass is 9.95. The average molecular weight is 244 g/mol. The lowest BCUT2D eigenvalue weighted by Gasteiger charge is -2.22. The fourth-order valence-electron chi connectivity index (χ4n) is 1.94. The Morgan fingerprint density at radius 2 is 2.46 bits per heavy atom. The molecule has 1 unspecified atom stereocenters. The molecule has 2 nitrogen and oxygen atoms in total. The number of halogens is 1. The molecule has 0 radical (unpaired) electrons. The Labute approximate surface area is 86.8 Å². The first kappa shape index (κ1) is 9.28. The largest absolute Gasteiger partial charge is 0.454 e. The van der Waals surface area contributed by atoms with Gasteiger partial charge in [0, 0.05) is 12.0 Å². The average Bonchev–Trinajstić information content (AvgIpc) is 2.62. The second kappa shape index (κ2) is 3.46. The Hall–Kier alpha value is -0.280. The van der Waals surface area contributed by atoms with Gasteiger partial charge in [-0.2, -0.15) is 0 Å². The van der Waals surface area contributed by atoms with Crippen LogP contribution >= 0.6 is 15.9 Å². The van der Waals surface area contributed by atoms with Crippen LogP contribution in [-0.2, 0) is 6.42 Å². The zero-order valence-corrected chi connectivity index (χ0v) is 9.36. The molecule has 1 aliphatic rings. The van der Waals surface area contributed by atoms with E-state index in [0.29, 0.717) is 0 Å². The Kier molecular flexibility index (Phi) is 2.47. The summed E-state index contributed by atoms with van der Waals surface area (Å²) in [7, 11) is 0. The molecular weight excluding hydrogens is 230 g/mol. The number of hydrogen-bond donors (Lipinski definition) is 1. The van der Waals surface area contributed by atoms with E-state index in [-0.39, 0.29) is 5.54 Å². The van der Waals surface area contributed by atoms with E-state index in [0.717, 1.165) is 23.4 Å². The topological polar surface area (TPSA) is 25.2 Å². The van der Waals surface area contributed by atoms with Gasteiger partial charge in [0.05, 0.1) is 0 Å². The highest BCUT2D eigenvalue weighted by molar-refractivity contribution is 9.10. The third-order valence-electron chi connectivity index (χ3n) is 2.65. The van der Waals surface area contributed by atoms with Gasteiger partial charge in [-0.3, -0.25) is 0 Å². The van der Waals surface area contributed by atoms with Crippen molar-refractivity contribution in [2.24, 2.45) is 0 Å². The first-order valence-electron chi connectivity index (χ1n) is 4.67. The van der Waals surface area contributed by atoms with E-state index in [4.69, 9.17) is 4.42 Å². The molecule has 13 heavy (non-hydrogen) atoms. The van der Waals surface area contributed by atoms with E-state index in [1.54, 1.807) is 0 Å². The Morgan fingerprint density at radius 1 is 1.62 bits per heavy atom. The smallest absolute Gasteiger partial charge is 0.169 e. The van der Waals surface area contributed by atoms with Gasteiger partial charge in [-0.25, -0.2) is 0 Å². The molecule has 1 saturated heterocycles. The summed E-state index contributed by atoms with van der Waals surface area (Å²) < 4.78 is 6.31. The number of hydrogen-bond acceptors (Lipinski definition) is 2. The van der Waals surface area contributed by atoms with Gasteiger partial charge >= 0.3 is 0 Å². The Morgan fingerprint density at radius 3 is 3.00 bits per heavy atom. The third kappa shape index (κ3) is 2.15. The molecule has 0 spiro atoms. The number of furan rings is 1. The summed E-state index contributed by atoms with van der Waals surface area (Å²) in [4.78, 5) is 0. The van der Waals surface area contributed by atoms with Crippen molar-refractivity contribution in [2.45, 2.75) is 31.7 Å². The van der Waals surface area contributed by atoms with Crippen LogP contribution in [0.5, 0.6) is 0 Å². The molecule has 1 fully saturated rings. The van der Waals surface area contributed by atoms with E-state index >= 15 is 0 Å². The van der Waals surface area contributed by atoms with Gasteiger partial charge in [0.2, 0.25) is 0 Å². The Balaban J connectivity index is 2.04. The van der Waals surface area contributed by atoms with Gasteiger partial charge in [0.1, 0.15) is 5.76 Å². The normalized spacial score (nSPS) is 28.2. The first-order valence-corrected chi connectivity index (χ1v) is 5.47. The maximum absolute atomic E-state index is 5.49. The van der Waals surface area contributed by atoms with Crippen molar-refractivity contribution in [1.82, 2.24) is 5.32 Å². The van der Waals surface area contributed by atoms with Crippen molar-refractivity contribution in [3.8, 4) is 0 Å². The molecule has 0 amide bonds. The van der Waals surface area contributed by atoms with Gasteiger partial charge in [-0.1, -0.05) is 0 Å². The highest BCUT2D eigenvalue weighted by Gasteiger charge is 2.29. The second-order valence-corrected chi connectivity index (χ2v) is 4.76. The number of rotatable bonds is 2. The van der Waals surface area contributed by atoms with Crippen LogP contribution < -0.4 is 5.32 Å². The molecule has 0 aromatic carbocycles. The predicted octanol–water partition coefficient (Wildman–Crippen LogP) is 2.73. The van der Waals surface area contributed by atoms with Crippen molar-refractivity contribution in [2.75, 3.05) is 6.54 Å². The number of nitrogens with one attached hydrogen (secondary N) is 1. The van der Waals surface area contributed by atoms with E-state index in [1.165, 1.54) is 12.8 Å². The second-order valence-electron chi connectivity index (χ2n) is 3.97. The molecule has 1 aliphatic heterocycles. The van der Waals surface area contributed by atoms with Crippen molar-refractivity contribution in [3.63, 3.8) is 0 Å². The van der Waals surface area contributed by atoms with E-state index < -0.39 is 0 Å². The molecular formula is C10H14BrNO. The van der Waals surface area contributed by atoms with Crippen LogP contribution in [0, 0.1) is 0 Å². The maximum atomic E-state index is 5.49. The predicted molar refractivity (Wildman–Crippen MR) is 55.8 cm³/mol. The summed E-state index contributed by atoms with van der Waals surface area (Å²) in [6.45, 7) is 3.40. The Bertz CT molecular complexity index is 289. The summed E-state index contributed by atoms with van der Waals surface area (Å²) in [6.07, 6.45) is 3.50. The van der Waals surface area contributed by atoms with Crippen LogP contribution in [0.1, 0.15) is 25.5 Å². The van der Waals surface area contributed by atoms with Crippen LogP contribution in [0.2, 0.25) is 0 Å². The molecule has 3 heteroatoms. The summed E-state index contributed by atoms with van der Waals surface area (Å²) in [6, 6.07) is 3.99. The zero-order chi connectivity index (χ0) is 9.31. The molecule has 1 aromatic rings. The highest BCUT2D eigenvalue weighted by Crippen LogP contribution is 2.25. The molecule has 2 heterocycles. The first-order chi connectivity index (χ1) is 6.18. The fraction of sp³-hybridized carbons (Fsp3) is 0.600. The molecule has 1 atom stereocenters. The summed E-state index contributed by atoms with van der Waals surface area (Å²) in [5, 5.41) is 3.52. The minimum atomic E-state index is 0.247. The highest BCUT2D eigenvalue weighted by atomic mass is 79.9. The van der Waals surface area contributed by atoms with Crippen molar-refractivity contribution >= 4 is 15.9 Å². The van der Waals surface area contributed by atoms with Gasteiger partial charge in [0.15, 0.2) is 4.67 Å². The van der Waals surface area contributed by atoms with Crippen molar-refractivity contribution < 1.29 is 4.42 Å². The van der Waals surface area contributed by atoms with Crippen LogP contribution in [0.4, 0.5) is 0 Å². The SMILES string of the molecule is CC1(Cc2ccc(Br)o2)CCCN1. The maximum Gasteiger partial charge on any atom is 0.169 e. The monoisotopic (exact) mass is 243 g/mol. The summed E-state index contributed by atoms with van der Waals surface area (Å²) in [5.41, 5.74) is 0.247. The third-order valence-corrected chi connectivity index (χ3v) is 3.08. The minimum Gasteiger partial charge on any atom is -0.454 e. The lowest BCUT2D eigenvalue weighted by Crippen LogP contribution is -2.38. The molecule has 2 rings (SSSR count). The summed E-state index contributed by atoms with van der Waals surface area (Å²) >= 11 is 3.31. The van der Waals surface area contributed by atoms with E-state index in [2.05, 4.69) is 28.2 Å². The van der Waals surface area contributed by atoms with E-state index in [9.17, 15) is 0 Å². The molecule has 0 aliphatic carbocycles. The van der Waals surface area contributed by atoms with Gasteiger partial charge in [-0.05, 0) is 54.4 Å². The van der Waals surface area contributed by atoms with Gasteiger partial charge in [-0.15, -0.1) is 0 Å². The quantitative estimate of drug-likeness (QED) is 0.865. The van der Waals surface area contributed by atoms with Crippen LogP contribution in [0.15, 0.2) is 21.2 Å². The zero-order valence-electron chi connectivity index (χ0n) is 7.77. The molecule has 0 bridgehead atoms. The van der Waals surface area contributed by atoms with Crippen LogP contribution in [0.25, 0.3) is 0 Å². The molecule has 1 aromatic heterocycles. The minimum absolute atomic E-state index is 0.247. The summed E-state index contributed by atoms with van der Waals surface area (Å²) in [5.74, 6) is 1.06. The van der Waals surface area contributed by atoms with Gasteiger partial charge in [0.25, 0.3) is 0 Å². The fourth-order valence-corrected chi connectivity index (χ4v) is 2.28. The van der Waals surface area contributed by atoms with Crippen LogP contribution in [0.3, 0.4) is 0 Å². The van der Waals surface area contributed by atoms with Crippen LogP contribution in [-0.4, -0.2) is 12.1 Å². The van der Waals surface area contributed by atoms with Crippen molar-refractivity contribution in [3.05, 3.63) is 22.6 Å². The molecule has 1 N–H and O–H groups in total. The van der Waals surface area contributed by atoms with Gasteiger partial charge < -0.3 is 9.73 Å². The van der Waals surface area contributed by atoms with E-state index in [1.807, 2.05) is 12.1 Å². The molecule has 72 valence electrons. The standard InChI is InChI=1S/C10H14BrNO/c1-10(5-2-6-12-10)7-8-3-4-9(11)13-8/h3-4,12H,2,5-7H2,1H3.